The average Bonchev–Trinajstić information content (AvgIpc) is 2.63. The monoisotopic (exact) mass is 238 g/mol. The molecule has 0 aromatic carbocycles. The Kier molecular flexibility index (Phi) is 3.33. The Morgan fingerprint density at radius 2 is 2.35 bits per heavy atom. The van der Waals surface area contributed by atoms with Crippen LogP contribution in [0.3, 0.4) is 0 Å². The second kappa shape index (κ2) is 4.91. The van der Waals surface area contributed by atoms with Crippen molar-refractivity contribution in [3.63, 3.8) is 0 Å². The second-order valence-electron chi connectivity index (χ2n) is 3.87. The van der Waals surface area contributed by atoms with E-state index in [1.165, 1.54) is 0 Å². The first-order chi connectivity index (χ1) is 8.16. The Morgan fingerprint density at radius 1 is 1.59 bits per heavy atom. The maximum absolute atomic E-state index is 11.6. The van der Waals surface area contributed by atoms with Crippen LogP contribution in [-0.4, -0.2) is 46.4 Å². The summed E-state index contributed by atoms with van der Waals surface area (Å²) in [4.78, 5) is 22.1. The molecule has 2 amide bonds. The lowest BCUT2D eigenvalue weighted by molar-refractivity contribution is -0.117. The molecule has 1 aromatic rings. The highest BCUT2D eigenvalue weighted by Crippen LogP contribution is 2.09. The minimum atomic E-state index is -0.450. The van der Waals surface area contributed by atoms with Gasteiger partial charge in [0.25, 0.3) is 5.91 Å². The van der Waals surface area contributed by atoms with E-state index in [1.807, 2.05) is 0 Å². The third-order valence-corrected chi connectivity index (χ3v) is 2.53. The topological polar surface area (TPSA) is 115 Å². The first kappa shape index (κ1) is 11.5. The number of primary amides is 1. The van der Waals surface area contributed by atoms with Crippen LogP contribution in [-0.2, 0) is 4.79 Å². The van der Waals surface area contributed by atoms with E-state index in [2.05, 4.69) is 20.9 Å². The van der Waals surface area contributed by atoms with Crippen molar-refractivity contribution in [2.75, 3.05) is 19.6 Å². The van der Waals surface area contributed by atoms with E-state index < -0.39 is 5.91 Å². The number of nitrogens with zero attached hydrogens (tertiary/aromatic N) is 3. The van der Waals surface area contributed by atoms with Crippen molar-refractivity contribution in [2.24, 2.45) is 5.73 Å². The van der Waals surface area contributed by atoms with E-state index >= 15 is 0 Å². The van der Waals surface area contributed by atoms with Crippen molar-refractivity contribution in [3.05, 3.63) is 11.9 Å². The molecule has 1 fully saturated rings. The van der Waals surface area contributed by atoms with Crippen LogP contribution in [0.5, 0.6) is 0 Å². The van der Waals surface area contributed by atoms with E-state index in [1.54, 1.807) is 10.9 Å². The fourth-order valence-corrected chi connectivity index (χ4v) is 1.41. The van der Waals surface area contributed by atoms with Gasteiger partial charge in [0.15, 0.2) is 5.69 Å². The van der Waals surface area contributed by atoms with Crippen molar-refractivity contribution in [2.45, 2.75) is 12.5 Å². The molecular weight excluding hydrogens is 224 g/mol. The molecule has 1 aliphatic heterocycles. The van der Waals surface area contributed by atoms with E-state index in [9.17, 15) is 9.59 Å². The number of hydrogen-bond donors (Lipinski definition) is 3. The Bertz CT molecular complexity index is 425. The van der Waals surface area contributed by atoms with Crippen LogP contribution < -0.4 is 16.4 Å². The number of amides is 2. The van der Waals surface area contributed by atoms with E-state index in [0.717, 1.165) is 13.1 Å². The normalized spacial score (nSPS) is 15.3. The van der Waals surface area contributed by atoms with Gasteiger partial charge in [-0.05, 0) is 0 Å². The van der Waals surface area contributed by atoms with Crippen LogP contribution in [0.25, 0.3) is 0 Å². The number of nitrogens with two attached hydrogens (primary N) is 1. The van der Waals surface area contributed by atoms with Gasteiger partial charge in [-0.2, -0.15) is 0 Å². The van der Waals surface area contributed by atoms with Crippen molar-refractivity contribution >= 4 is 11.8 Å². The predicted molar refractivity (Wildman–Crippen MR) is 58.1 cm³/mol. The summed E-state index contributed by atoms with van der Waals surface area (Å²) in [6, 6.07) is 0.273. The molecule has 1 aromatic heterocycles. The molecule has 0 saturated carbocycles. The minimum absolute atomic E-state index is 0.117. The lowest BCUT2D eigenvalue weighted by atomic mass is 10.2. The summed E-state index contributed by atoms with van der Waals surface area (Å²) in [6.45, 7) is 1.89. The molecule has 0 spiro atoms. The highest BCUT2D eigenvalue weighted by molar-refractivity contribution is 5.92. The van der Waals surface area contributed by atoms with Gasteiger partial charge >= 0.3 is 0 Å². The highest BCUT2D eigenvalue weighted by Gasteiger charge is 2.21. The summed E-state index contributed by atoms with van der Waals surface area (Å²) in [5, 5.41) is 13.3. The number of hydrogen-bond acceptors (Lipinski definition) is 5. The number of aromatic nitrogens is 3. The van der Waals surface area contributed by atoms with Gasteiger partial charge < -0.3 is 16.4 Å². The maximum atomic E-state index is 11.6. The third-order valence-electron chi connectivity index (χ3n) is 2.53. The zero-order valence-electron chi connectivity index (χ0n) is 9.22. The summed E-state index contributed by atoms with van der Waals surface area (Å²) >= 11 is 0. The first-order valence-electron chi connectivity index (χ1n) is 5.36. The largest absolute Gasteiger partial charge is 0.370 e. The summed E-state index contributed by atoms with van der Waals surface area (Å²) in [6.07, 6.45) is 1.72. The van der Waals surface area contributed by atoms with Crippen molar-refractivity contribution in [1.82, 2.24) is 25.6 Å². The van der Waals surface area contributed by atoms with Crippen LogP contribution in [0.15, 0.2) is 6.20 Å². The number of nitrogens with one attached hydrogen (secondary N) is 2. The molecule has 0 unspecified atom stereocenters. The Labute approximate surface area is 97.5 Å². The van der Waals surface area contributed by atoms with Gasteiger partial charge in [-0.3, -0.25) is 9.59 Å². The molecule has 0 atom stereocenters. The SMILES string of the molecule is NC(=O)CCNC(=O)c1cn(C2CNC2)nn1. The summed E-state index contributed by atoms with van der Waals surface area (Å²) in [5.74, 6) is -0.792. The molecule has 17 heavy (non-hydrogen) atoms. The lowest BCUT2D eigenvalue weighted by Crippen LogP contribution is -2.43. The lowest BCUT2D eigenvalue weighted by Gasteiger charge is -2.26. The summed E-state index contributed by atoms with van der Waals surface area (Å²) in [5.41, 5.74) is 5.21. The summed E-state index contributed by atoms with van der Waals surface area (Å²) in [7, 11) is 0. The molecule has 2 heterocycles. The fourth-order valence-electron chi connectivity index (χ4n) is 1.41. The molecule has 0 aliphatic carbocycles. The summed E-state index contributed by atoms with van der Waals surface area (Å²) < 4.78 is 1.67. The van der Waals surface area contributed by atoms with Crippen LogP contribution in [0.1, 0.15) is 23.0 Å². The Morgan fingerprint density at radius 3 is 2.94 bits per heavy atom. The van der Waals surface area contributed by atoms with E-state index in [0.29, 0.717) is 0 Å². The molecule has 1 saturated heterocycles. The fraction of sp³-hybridized carbons (Fsp3) is 0.556. The smallest absolute Gasteiger partial charge is 0.273 e. The molecule has 8 nitrogen and oxygen atoms in total. The highest BCUT2D eigenvalue weighted by atomic mass is 16.2. The van der Waals surface area contributed by atoms with Gasteiger partial charge in [-0.15, -0.1) is 5.10 Å². The van der Waals surface area contributed by atoms with Crippen molar-refractivity contribution in [1.29, 1.82) is 0 Å². The van der Waals surface area contributed by atoms with Gasteiger partial charge in [0, 0.05) is 26.1 Å². The number of carbonyl (C=O) groups excluding carboxylic acids is 2. The van der Waals surface area contributed by atoms with Gasteiger partial charge in [-0.1, -0.05) is 5.21 Å². The molecule has 0 radical (unpaired) electrons. The number of rotatable bonds is 5. The molecule has 2 rings (SSSR count). The molecule has 4 N–H and O–H groups in total. The molecule has 0 bridgehead atoms. The average molecular weight is 238 g/mol. The quantitative estimate of drug-likeness (QED) is 0.550. The van der Waals surface area contributed by atoms with Gasteiger partial charge in [-0.25, -0.2) is 4.68 Å². The minimum Gasteiger partial charge on any atom is -0.370 e. The third kappa shape index (κ3) is 2.78. The predicted octanol–water partition coefficient (Wildman–Crippen LogP) is -1.97. The molecule has 1 aliphatic rings. The first-order valence-corrected chi connectivity index (χ1v) is 5.36. The van der Waals surface area contributed by atoms with Gasteiger partial charge in [0.05, 0.1) is 12.2 Å². The maximum Gasteiger partial charge on any atom is 0.273 e. The van der Waals surface area contributed by atoms with Crippen LogP contribution in [0.2, 0.25) is 0 Å². The molecule has 8 heteroatoms. The van der Waals surface area contributed by atoms with Gasteiger partial charge in [0.1, 0.15) is 0 Å². The number of carbonyl (C=O) groups is 2. The Balaban J connectivity index is 1.86. The van der Waals surface area contributed by atoms with E-state index in [4.69, 9.17) is 5.73 Å². The zero-order valence-corrected chi connectivity index (χ0v) is 9.22. The van der Waals surface area contributed by atoms with Crippen LogP contribution >= 0.6 is 0 Å². The Hall–Kier alpha value is -1.96. The molecule has 92 valence electrons. The molecular formula is C9H14N6O2. The van der Waals surface area contributed by atoms with Crippen LogP contribution in [0, 0.1) is 0 Å². The zero-order chi connectivity index (χ0) is 12.3. The van der Waals surface area contributed by atoms with Gasteiger partial charge in [0.2, 0.25) is 5.91 Å². The second-order valence-corrected chi connectivity index (χ2v) is 3.87. The van der Waals surface area contributed by atoms with E-state index in [-0.39, 0.29) is 30.6 Å². The standard InChI is InChI=1S/C9H14N6O2/c10-8(16)1-2-12-9(17)7-5-15(14-13-7)6-3-11-4-6/h5-6,11H,1-4H2,(H2,10,16)(H,12,17). The van der Waals surface area contributed by atoms with Crippen molar-refractivity contribution in [3.8, 4) is 0 Å². The van der Waals surface area contributed by atoms with Crippen LogP contribution in [0.4, 0.5) is 0 Å². The van der Waals surface area contributed by atoms with Crippen molar-refractivity contribution < 1.29 is 9.59 Å².